The molecule has 1 aromatic heterocycles. The topological polar surface area (TPSA) is 51.4 Å². The summed E-state index contributed by atoms with van der Waals surface area (Å²) in [7, 11) is 0. The lowest BCUT2D eigenvalue weighted by Gasteiger charge is -2.32. The summed E-state index contributed by atoms with van der Waals surface area (Å²) in [5.74, 6) is 1.66. The maximum absolute atomic E-state index is 5.94. The van der Waals surface area contributed by atoms with Crippen LogP contribution in [0.2, 0.25) is 0 Å². The minimum absolute atomic E-state index is 0.363. The van der Waals surface area contributed by atoms with Crippen molar-refractivity contribution in [3.63, 3.8) is 0 Å². The van der Waals surface area contributed by atoms with Crippen LogP contribution >= 0.6 is 0 Å². The lowest BCUT2D eigenvalue weighted by Crippen LogP contribution is -2.39. The van der Waals surface area contributed by atoms with E-state index < -0.39 is 0 Å². The van der Waals surface area contributed by atoms with Gasteiger partial charge in [0.25, 0.3) is 0 Å². The highest BCUT2D eigenvalue weighted by molar-refractivity contribution is 5.48. The van der Waals surface area contributed by atoms with Crippen molar-refractivity contribution in [3.05, 3.63) is 18.5 Å². The highest BCUT2D eigenvalue weighted by atomic mass is 16.5. The van der Waals surface area contributed by atoms with Crippen LogP contribution in [0.3, 0.4) is 0 Å². The fraction of sp³-hybridized carbons (Fsp3) is 0.667. The minimum Gasteiger partial charge on any atom is -0.492 e. The molecule has 2 N–H and O–H groups in total. The second kappa shape index (κ2) is 5.78. The molecule has 3 rings (SSSR count). The molecule has 0 amide bonds. The molecule has 1 saturated heterocycles. The fourth-order valence-corrected chi connectivity index (χ4v) is 2.69. The van der Waals surface area contributed by atoms with E-state index >= 15 is 0 Å². The van der Waals surface area contributed by atoms with Crippen LogP contribution in [0.4, 0.5) is 5.69 Å². The largest absolute Gasteiger partial charge is 0.492 e. The van der Waals surface area contributed by atoms with Crippen LogP contribution in [-0.2, 0) is 0 Å². The van der Waals surface area contributed by atoms with E-state index in [9.17, 15) is 0 Å². The van der Waals surface area contributed by atoms with E-state index in [1.807, 2.05) is 12.4 Å². The molecular formula is C15H23N3O. The third kappa shape index (κ3) is 3.18. The van der Waals surface area contributed by atoms with Crippen LogP contribution in [0, 0.1) is 5.92 Å². The Bertz CT molecular complexity index is 412. The average Bonchev–Trinajstić information content (AvgIpc) is 2.38. The zero-order valence-electron chi connectivity index (χ0n) is 11.4. The van der Waals surface area contributed by atoms with Crippen molar-refractivity contribution in [2.75, 3.05) is 24.6 Å². The van der Waals surface area contributed by atoms with Crippen molar-refractivity contribution < 1.29 is 4.74 Å². The van der Waals surface area contributed by atoms with Crippen molar-refractivity contribution in [2.24, 2.45) is 11.7 Å². The SMILES string of the molecule is NC1CCN(c2cncc(OCC3CCC3)c2)CC1. The molecule has 0 atom stereocenters. The summed E-state index contributed by atoms with van der Waals surface area (Å²) in [6.07, 6.45) is 9.86. The number of piperidine rings is 1. The molecule has 1 aliphatic carbocycles. The van der Waals surface area contributed by atoms with Crippen LogP contribution < -0.4 is 15.4 Å². The summed E-state index contributed by atoms with van der Waals surface area (Å²) in [6, 6.07) is 2.48. The number of nitrogens with zero attached hydrogens (tertiary/aromatic N) is 2. The van der Waals surface area contributed by atoms with Gasteiger partial charge in [0.1, 0.15) is 5.75 Å². The van der Waals surface area contributed by atoms with Crippen LogP contribution in [0.1, 0.15) is 32.1 Å². The van der Waals surface area contributed by atoms with Gasteiger partial charge in [0, 0.05) is 25.2 Å². The fourth-order valence-electron chi connectivity index (χ4n) is 2.69. The van der Waals surface area contributed by atoms with Gasteiger partial charge in [-0.15, -0.1) is 0 Å². The van der Waals surface area contributed by atoms with Crippen molar-refractivity contribution >= 4 is 5.69 Å². The predicted octanol–water partition coefficient (Wildman–Crippen LogP) is 2.19. The molecule has 1 saturated carbocycles. The molecule has 0 radical (unpaired) electrons. The highest BCUT2D eigenvalue weighted by Crippen LogP contribution is 2.28. The molecular weight excluding hydrogens is 238 g/mol. The van der Waals surface area contributed by atoms with Gasteiger partial charge in [-0.1, -0.05) is 6.42 Å². The van der Waals surface area contributed by atoms with Crippen molar-refractivity contribution in [3.8, 4) is 5.75 Å². The van der Waals surface area contributed by atoms with E-state index in [-0.39, 0.29) is 0 Å². The summed E-state index contributed by atoms with van der Waals surface area (Å²) < 4.78 is 5.85. The molecule has 4 heteroatoms. The van der Waals surface area contributed by atoms with Crippen molar-refractivity contribution in [1.82, 2.24) is 4.98 Å². The van der Waals surface area contributed by atoms with Crippen LogP contribution in [-0.4, -0.2) is 30.7 Å². The molecule has 2 aliphatic rings. The Morgan fingerprint density at radius 1 is 1.21 bits per heavy atom. The number of nitrogens with two attached hydrogens (primary N) is 1. The summed E-state index contributed by atoms with van der Waals surface area (Å²) in [5.41, 5.74) is 7.11. The third-order valence-corrected chi connectivity index (χ3v) is 4.31. The second-order valence-electron chi connectivity index (χ2n) is 5.81. The van der Waals surface area contributed by atoms with Crippen molar-refractivity contribution in [1.29, 1.82) is 0 Å². The Balaban J connectivity index is 1.58. The number of hydrogen-bond donors (Lipinski definition) is 1. The lowest BCUT2D eigenvalue weighted by atomic mass is 9.86. The molecule has 0 bridgehead atoms. The zero-order valence-corrected chi connectivity index (χ0v) is 11.4. The summed E-state index contributed by atoms with van der Waals surface area (Å²) in [5, 5.41) is 0. The van der Waals surface area contributed by atoms with Crippen molar-refractivity contribution in [2.45, 2.75) is 38.1 Å². The number of hydrogen-bond acceptors (Lipinski definition) is 4. The van der Waals surface area contributed by atoms with Gasteiger partial charge in [0.2, 0.25) is 0 Å². The van der Waals surface area contributed by atoms with Gasteiger partial charge in [-0.25, -0.2) is 0 Å². The van der Waals surface area contributed by atoms with E-state index in [1.54, 1.807) is 0 Å². The predicted molar refractivity (Wildman–Crippen MR) is 76.5 cm³/mol. The monoisotopic (exact) mass is 261 g/mol. The van der Waals surface area contributed by atoms with E-state index in [2.05, 4.69) is 16.0 Å². The number of pyridine rings is 1. The molecule has 1 aliphatic heterocycles. The smallest absolute Gasteiger partial charge is 0.139 e. The lowest BCUT2D eigenvalue weighted by molar-refractivity contribution is 0.180. The van der Waals surface area contributed by atoms with Gasteiger partial charge in [-0.2, -0.15) is 0 Å². The molecule has 19 heavy (non-hydrogen) atoms. The van der Waals surface area contributed by atoms with Crippen LogP contribution in [0.15, 0.2) is 18.5 Å². The average molecular weight is 261 g/mol. The normalized spacial score (nSPS) is 21.2. The number of aromatic nitrogens is 1. The first-order valence-corrected chi connectivity index (χ1v) is 7.39. The quantitative estimate of drug-likeness (QED) is 0.902. The Morgan fingerprint density at radius 3 is 2.68 bits per heavy atom. The molecule has 1 aromatic rings. The van der Waals surface area contributed by atoms with E-state index in [0.29, 0.717) is 6.04 Å². The zero-order chi connectivity index (χ0) is 13.1. The molecule has 0 aromatic carbocycles. The highest BCUT2D eigenvalue weighted by Gasteiger charge is 2.19. The second-order valence-corrected chi connectivity index (χ2v) is 5.81. The van der Waals surface area contributed by atoms with Gasteiger partial charge < -0.3 is 15.4 Å². The Labute approximate surface area is 115 Å². The molecule has 0 unspecified atom stereocenters. The Kier molecular flexibility index (Phi) is 3.87. The summed E-state index contributed by atoms with van der Waals surface area (Å²) >= 11 is 0. The Hall–Kier alpha value is -1.29. The standard InChI is InChI=1S/C15H23N3O/c16-13-4-6-18(7-5-13)14-8-15(10-17-9-14)19-11-12-2-1-3-12/h8-10,12-13H,1-7,11,16H2. The number of rotatable bonds is 4. The van der Waals surface area contributed by atoms with E-state index in [0.717, 1.165) is 49.9 Å². The van der Waals surface area contributed by atoms with E-state index in [1.165, 1.54) is 19.3 Å². The van der Waals surface area contributed by atoms with Gasteiger partial charge in [-0.3, -0.25) is 4.98 Å². The first kappa shape index (κ1) is 12.7. The number of ether oxygens (including phenoxy) is 1. The summed E-state index contributed by atoms with van der Waals surface area (Å²) in [6.45, 7) is 2.89. The Morgan fingerprint density at radius 2 is 2.00 bits per heavy atom. The maximum Gasteiger partial charge on any atom is 0.139 e. The first-order valence-electron chi connectivity index (χ1n) is 7.39. The first-order chi connectivity index (χ1) is 9.31. The molecule has 2 heterocycles. The van der Waals surface area contributed by atoms with E-state index in [4.69, 9.17) is 10.5 Å². The van der Waals surface area contributed by atoms with Gasteiger partial charge in [0.15, 0.2) is 0 Å². The third-order valence-electron chi connectivity index (χ3n) is 4.31. The minimum atomic E-state index is 0.363. The maximum atomic E-state index is 5.94. The molecule has 2 fully saturated rings. The van der Waals surface area contributed by atoms with Gasteiger partial charge >= 0.3 is 0 Å². The number of anilines is 1. The summed E-state index contributed by atoms with van der Waals surface area (Å²) in [4.78, 5) is 6.66. The van der Waals surface area contributed by atoms with Gasteiger partial charge in [-0.05, 0) is 31.6 Å². The molecule has 0 spiro atoms. The van der Waals surface area contributed by atoms with Crippen LogP contribution in [0.5, 0.6) is 5.75 Å². The van der Waals surface area contributed by atoms with Gasteiger partial charge in [0.05, 0.1) is 24.7 Å². The molecule has 4 nitrogen and oxygen atoms in total. The van der Waals surface area contributed by atoms with Crippen LogP contribution in [0.25, 0.3) is 0 Å². The molecule has 104 valence electrons.